The number of halogens is 3. The number of para-hydroxylation sites is 1. The summed E-state index contributed by atoms with van der Waals surface area (Å²) in [6, 6.07) is 20.6. The highest BCUT2D eigenvalue weighted by Gasteiger charge is 2.42. The van der Waals surface area contributed by atoms with Crippen molar-refractivity contribution in [1.82, 2.24) is 5.32 Å². The summed E-state index contributed by atoms with van der Waals surface area (Å²) in [5.41, 5.74) is 1.40. The van der Waals surface area contributed by atoms with E-state index in [-0.39, 0.29) is 36.5 Å². The summed E-state index contributed by atoms with van der Waals surface area (Å²) in [6.45, 7) is 0.0507. The van der Waals surface area contributed by atoms with Gasteiger partial charge in [0.2, 0.25) is 5.91 Å². The number of hydrogen-bond donors (Lipinski definition) is 2. The number of hydrogen-bond acceptors (Lipinski definition) is 6. The normalized spacial score (nSPS) is 14.4. The van der Waals surface area contributed by atoms with Gasteiger partial charge in [-0.15, -0.1) is 0 Å². The van der Waals surface area contributed by atoms with Gasteiger partial charge in [0, 0.05) is 6.42 Å². The number of alkyl halides is 3. The van der Waals surface area contributed by atoms with E-state index in [0.717, 1.165) is 16.4 Å². The lowest BCUT2D eigenvalue weighted by molar-refractivity contribution is -0.138. The van der Waals surface area contributed by atoms with Gasteiger partial charge >= 0.3 is 12.1 Å². The number of ether oxygens (including phenoxy) is 2. The topological polar surface area (TPSA) is 122 Å². The summed E-state index contributed by atoms with van der Waals surface area (Å²) in [6.07, 6.45) is -4.58. The molecule has 1 atom stereocenters. The van der Waals surface area contributed by atoms with Crippen molar-refractivity contribution in [2.45, 2.75) is 30.0 Å². The van der Waals surface area contributed by atoms with Gasteiger partial charge in [-0.05, 0) is 64.7 Å². The van der Waals surface area contributed by atoms with Crippen LogP contribution in [-0.4, -0.2) is 51.7 Å². The number of nitrogens with one attached hydrogen (secondary N) is 1. The van der Waals surface area contributed by atoms with E-state index in [0.29, 0.717) is 33.9 Å². The van der Waals surface area contributed by atoms with Crippen molar-refractivity contribution in [3.63, 3.8) is 0 Å². The molecule has 0 saturated carbocycles. The molecule has 0 unspecified atom stereocenters. The second-order valence-corrected chi connectivity index (χ2v) is 12.3. The first-order chi connectivity index (χ1) is 21.9. The van der Waals surface area contributed by atoms with Gasteiger partial charge in [0.25, 0.3) is 10.0 Å². The first-order valence-corrected chi connectivity index (χ1v) is 15.5. The van der Waals surface area contributed by atoms with Crippen LogP contribution in [0.5, 0.6) is 11.5 Å². The Morgan fingerprint density at radius 3 is 2.37 bits per heavy atom. The molecule has 13 heteroatoms. The van der Waals surface area contributed by atoms with Gasteiger partial charge in [-0.3, -0.25) is 13.9 Å². The molecule has 5 rings (SSSR count). The number of fused-ring (bicyclic) bond motifs is 1. The zero-order valence-corrected chi connectivity index (χ0v) is 25.3. The number of rotatable bonds is 11. The van der Waals surface area contributed by atoms with Crippen molar-refractivity contribution in [3.8, 4) is 22.6 Å². The van der Waals surface area contributed by atoms with Crippen LogP contribution in [0.1, 0.15) is 16.7 Å². The molecule has 0 bridgehead atoms. The van der Waals surface area contributed by atoms with Crippen LogP contribution in [0.25, 0.3) is 11.1 Å². The Labute approximate surface area is 263 Å². The lowest BCUT2D eigenvalue weighted by Crippen LogP contribution is -2.48. The largest absolute Gasteiger partial charge is 0.493 e. The summed E-state index contributed by atoms with van der Waals surface area (Å²) < 4.78 is 79.6. The highest BCUT2D eigenvalue weighted by atomic mass is 32.2. The molecule has 0 spiro atoms. The zero-order valence-electron chi connectivity index (χ0n) is 24.5. The smallest absolute Gasteiger partial charge is 0.416 e. The van der Waals surface area contributed by atoms with E-state index in [2.05, 4.69) is 5.32 Å². The number of methoxy groups -OCH3 is 1. The molecule has 46 heavy (non-hydrogen) atoms. The van der Waals surface area contributed by atoms with Crippen LogP contribution < -0.4 is 19.1 Å². The Balaban J connectivity index is 1.31. The van der Waals surface area contributed by atoms with Crippen molar-refractivity contribution in [2.75, 3.05) is 24.6 Å². The summed E-state index contributed by atoms with van der Waals surface area (Å²) in [5, 5.41) is 11.7. The zero-order chi connectivity index (χ0) is 33.1. The van der Waals surface area contributed by atoms with Crippen molar-refractivity contribution in [1.29, 1.82) is 0 Å². The molecule has 1 amide bonds. The minimum atomic E-state index is -4.52. The average molecular weight is 655 g/mol. The number of sulfonamides is 1. The predicted molar refractivity (Wildman–Crippen MR) is 163 cm³/mol. The number of benzene rings is 4. The predicted octanol–water partition coefficient (Wildman–Crippen LogP) is 5.32. The fraction of sp³-hybridized carbons (Fsp3) is 0.212. The molecular formula is C33H29F3N2O7S. The van der Waals surface area contributed by atoms with Gasteiger partial charge in [-0.1, -0.05) is 48.5 Å². The minimum Gasteiger partial charge on any atom is -0.493 e. The molecule has 0 saturated heterocycles. The van der Waals surface area contributed by atoms with E-state index in [9.17, 15) is 31.2 Å². The second-order valence-electron chi connectivity index (χ2n) is 10.4. The molecule has 4 aromatic carbocycles. The fourth-order valence-electron chi connectivity index (χ4n) is 5.23. The number of carbonyl (C=O) groups is 2. The highest BCUT2D eigenvalue weighted by molar-refractivity contribution is 7.93. The fourth-order valence-corrected chi connectivity index (χ4v) is 6.88. The van der Waals surface area contributed by atoms with Crippen molar-refractivity contribution in [2.24, 2.45) is 0 Å². The van der Waals surface area contributed by atoms with Crippen molar-refractivity contribution >= 4 is 27.6 Å². The molecule has 1 aliphatic rings. The Hall–Kier alpha value is -5.04. The van der Waals surface area contributed by atoms with Crippen LogP contribution >= 0.6 is 0 Å². The summed E-state index contributed by atoms with van der Waals surface area (Å²) >= 11 is 0. The van der Waals surface area contributed by atoms with Gasteiger partial charge < -0.3 is 19.9 Å². The second kappa shape index (κ2) is 13.1. The van der Waals surface area contributed by atoms with Crippen LogP contribution in [0.15, 0.2) is 95.9 Å². The Morgan fingerprint density at radius 2 is 1.67 bits per heavy atom. The summed E-state index contributed by atoms with van der Waals surface area (Å²) in [5.74, 6) is -0.868. The first-order valence-electron chi connectivity index (χ1n) is 14.1. The van der Waals surface area contributed by atoms with E-state index in [1.54, 1.807) is 42.5 Å². The first kappa shape index (κ1) is 32.4. The molecule has 2 N–H and O–H groups in total. The van der Waals surface area contributed by atoms with Crippen LogP contribution in [0.2, 0.25) is 0 Å². The Bertz CT molecular complexity index is 1860. The number of nitrogens with zero attached hydrogens (tertiary/aromatic N) is 1. The van der Waals surface area contributed by atoms with Crippen LogP contribution in [0.4, 0.5) is 18.9 Å². The van der Waals surface area contributed by atoms with Crippen LogP contribution in [-0.2, 0) is 38.6 Å². The SMILES string of the molecule is COc1cc(CC(=O)O)ccc1OCCNC(=O)[C@@H]1Cc2ccccc2N1S(=O)(=O)c1ccc(-c2cccc(C(F)(F)F)c2)cc1. The molecule has 1 heterocycles. The lowest BCUT2D eigenvalue weighted by Gasteiger charge is -2.26. The number of aliphatic carboxylic acids is 1. The molecule has 4 aromatic rings. The molecular weight excluding hydrogens is 625 g/mol. The number of anilines is 1. The maximum absolute atomic E-state index is 13.9. The maximum Gasteiger partial charge on any atom is 0.416 e. The van der Waals surface area contributed by atoms with E-state index in [1.165, 1.54) is 43.5 Å². The van der Waals surface area contributed by atoms with Gasteiger partial charge in [0.1, 0.15) is 12.6 Å². The number of carboxylic acid groups (broad SMARTS) is 1. The third-order valence-electron chi connectivity index (χ3n) is 7.40. The third-order valence-corrected chi connectivity index (χ3v) is 9.24. The molecule has 0 aliphatic carbocycles. The molecule has 0 aromatic heterocycles. The monoisotopic (exact) mass is 654 g/mol. The third kappa shape index (κ3) is 6.94. The maximum atomic E-state index is 13.9. The van der Waals surface area contributed by atoms with Crippen LogP contribution in [0, 0.1) is 0 Å². The molecule has 0 fully saturated rings. The van der Waals surface area contributed by atoms with E-state index in [1.807, 2.05) is 0 Å². The van der Waals surface area contributed by atoms with E-state index < -0.39 is 39.7 Å². The molecule has 9 nitrogen and oxygen atoms in total. The van der Waals surface area contributed by atoms with E-state index in [4.69, 9.17) is 14.6 Å². The van der Waals surface area contributed by atoms with E-state index >= 15 is 0 Å². The van der Waals surface area contributed by atoms with Gasteiger partial charge in [0.15, 0.2) is 11.5 Å². The standard InChI is InChI=1S/C33H29F3N2O7S/c1-44-30-17-21(18-31(39)40)9-14-29(30)45-16-15-37-32(41)28-20-24-5-2-3-8-27(24)38(28)46(42,43)26-12-10-22(11-13-26)23-6-4-7-25(19-23)33(34,35)36/h2-14,17,19,28H,15-16,18,20H2,1H3,(H,37,41)(H,39,40)/t28-/m0/s1. The Kier molecular flexibility index (Phi) is 9.24. The minimum absolute atomic E-state index is 0.0177. The highest BCUT2D eigenvalue weighted by Crippen LogP contribution is 2.38. The van der Waals surface area contributed by atoms with Gasteiger partial charge in [0.05, 0.1) is 36.2 Å². The van der Waals surface area contributed by atoms with Crippen molar-refractivity contribution in [3.05, 3.63) is 108 Å². The van der Waals surface area contributed by atoms with Crippen LogP contribution in [0.3, 0.4) is 0 Å². The number of amides is 1. The Morgan fingerprint density at radius 1 is 0.935 bits per heavy atom. The average Bonchev–Trinajstić information content (AvgIpc) is 3.44. The quantitative estimate of drug-likeness (QED) is 0.210. The lowest BCUT2D eigenvalue weighted by atomic mass is 10.0. The summed E-state index contributed by atoms with van der Waals surface area (Å²) in [4.78, 5) is 24.3. The number of carbonyl (C=O) groups excluding carboxylic acids is 1. The molecule has 0 radical (unpaired) electrons. The molecule has 1 aliphatic heterocycles. The number of carboxylic acids is 1. The van der Waals surface area contributed by atoms with Crippen molar-refractivity contribution < 1.29 is 45.8 Å². The van der Waals surface area contributed by atoms with Gasteiger partial charge in [-0.2, -0.15) is 13.2 Å². The molecule has 240 valence electrons. The summed E-state index contributed by atoms with van der Waals surface area (Å²) in [7, 11) is -2.85. The van der Waals surface area contributed by atoms with Gasteiger partial charge in [-0.25, -0.2) is 8.42 Å².